The van der Waals surface area contributed by atoms with E-state index in [1.54, 1.807) is 41.5 Å². The summed E-state index contributed by atoms with van der Waals surface area (Å²) >= 11 is 0. The zero-order chi connectivity index (χ0) is 39.0. The number of hydrogen-bond acceptors (Lipinski definition) is 8. The van der Waals surface area contributed by atoms with Gasteiger partial charge in [-0.2, -0.15) is 0 Å². The van der Waals surface area contributed by atoms with Crippen molar-refractivity contribution >= 4 is 39.4 Å². The van der Waals surface area contributed by atoms with Crippen molar-refractivity contribution < 1.29 is 37.1 Å². The summed E-state index contributed by atoms with van der Waals surface area (Å²) in [6, 6.07) is -3.97. The molecule has 51 heavy (non-hydrogen) atoms. The van der Waals surface area contributed by atoms with Crippen molar-refractivity contribution in [3.63, 3.8) is 0 Å². The van der Waals surface area contributed by atoms with Crippen LogP contribution in [0.4, 0.5) is 4.79 Å². The number of carbonyl (C=O) groups is 5. The molecular weight excluding hydrogens is 675 g/mol. The number of rotatable bonds is 14. The molecule has 0 spiro atoms. The second-order valence-corrected chi connectivity index (χ2v) is 19.9. The van der Waals surface area contributed by atoms with Crippen LogP contribution in [0.25, 0.3) is 0 Å². The van der Waals surface area contributed by atoms with Crippen LogP contribution in [0.5, 0.6) is 0 Å². The van der Waals surface area contributed by atoms with E-state index in [2.05, 4.69) is 27.2 Å². The second-order valence-electron chi connectivity index (χ2n) is 17.1. The monoisotopic (exact) mass is 737 g/mol. The highest BCUT2D eigenvalue weighted by molar-refractivity contribution is 7.92. The molecule has 1 heterocycles. The maximum atomic E-state index is 14.6. The van der Waals surface area contributed by atoms with Gasteiger partial charge in [-0.05, 0) is 63.2 Å². The summed E-state index contributed by atoms with van der Waals surface area (Å²) in [5, 5.41) is 11.0. The van der Waals surface area contributed by atoms with Gasteiger partial charge in [-0.3, -0.25) is 19.2 Å². The van der Waals surface area contributed by atoms with Crippen molar-refractivity contribution in [2.75, 3.05) is 32.6 Å². The minimum atomic E-state index is -3.59. The van der Waals surface area contributed by atoms with E-state index in [4.69, 9.17) is 11.2 Å². The Bertz CT molecular complexity index is 1420. The van der Waals surface area contributed by atoms with Gasteiger partial charge < -0.3 is 30.9 Å². The van der Waals surface area contributed by atoms with Crippen LogP contribution in [0.15, 0.2) is 0 Å². The Morgan fingerprint density at radius 1 is 1.00 bits per heavy atom. The van der Waals surface area contributed by atoms with Gasteiger partial charge in [-0.15, -0.1) is 12.3 Å². The molecule has 4 N–H and O–H groups in total. The molecule has 5 amide bonds. The molecule has 2 fully saturated rings. The summed E-state index contributed by atoms with van der Waals surface area (Å²) in [4.78, 5) is 69.7. The van der Waals surface area contributed by atoms with Crippen LogP contribution in [0, 0.1) is 29.1 Å². The van der Waals surface area contributed by atoms with Gasteiger partial charge in [0.15, 0.2) is 9.84 Å². The molecule has 1 saturated heterocycles. The van der Waals surface area contributed by atoms with Crippen LogP contribution in [0.1, 0.15) is 114 Å². The van der Waals surface area contributed by atoms with Crippen LogP contribution in [-0.4, -0.2) is 104 Å². The van der Waals surface area contributed by atoms with Crippen LogP contribution < -0.4 is 21.3 Å². The summed E-state index contributed by atoms with van der Waals surface area (Å²) < 4.78 is 30.6. The number of piperidine rings is 1. The fraction of sp³-hybridized carbons (Fsp3) is 0.811. The largest absolute Gasteiger partial charge is 0.383 e. The van der Waals surface area contributed by atoms with Crippen molar-refractivity contribution in [1.29, 1.82) is 0 Å². The Kier molecular flexibility index (Phi) is 15.1. The number of likely N-dealkylation sites (tertiary alicyclic amines) is 1. The third-order valence-corrected chi connectivity index (χ3v) is 13.3. The molecular formula is C37H63N5O8S. The fourth-order valence-corrected chi connectivity index (χ4v) is 8.09. The zero-order valence-electron chi connectivity index (χ0n) is 32.5. The molecule has 0 aromatic carbocycles. The normalized spacial score (nSPS) is 21.7. The molecule has 2 rings (SSSR count). The lowest BCUT2D eigenvalue weighted by molar-refractivity contribution is -0.151. The van der Waals surface area contributed by atoms with Crippen molar-refractivity contribution in [2.24, 2.45) is 16.7 Å². The quantitative estimate of drug-likeness (QED) is 0.119. The number of Topliss-reactive ketones (excluding diaryl/α,β-unsaturated/α-hetero) is 1. The SMILES string of the molecule is C#CCCC(NC(=O)[C@@H]1CC(C)(C)C(C)CN1C(=O)[C@@H](NC(=O)NC1(CS(=O)(=O)C(C)(C)C)CCCCC1)C(C)(C)C)C(=O)C(=O)NCCOC. The Morgan fingerprint density at radius 2 is 1.61 bits per heavy atom. The van der Waals surface area contributed by atoms with Gasteiger partial charge in [0.05, 0.1) is 28.7 Å². The van der Waals surface area contributed by atoms with Gasteiger partial charge in [0, 0.05) is 26.6 Å². The molecule has 2 aliphatic rings. The molecule has 290 valence electrons. The van der Waals surface area contributed by atoms with E-state index in [1.165, 1.54) is 12.0 Å². The Morgan fingerprint density at radius 3 is 2.14 bits per heavy atom. The number of methoxy groups -OCH3 is 1. The maximum absolute atomic E-state index is 14.6. The number of hydrogen-bond donors (Lipinski definition) is 4. The first-order valence-electron chi connectivity index (χ1n) is 18.1. The van der Waals surface area contributed by atoms with E-state index >= 15 is 0 Å². The summed E-state index contributed by atoms with van der Waals surface area (Å²) in [7, 11) is -2.13. The fourth-order valence-electron chi connectivity index (χ4n) is 6.57. The predicted molar refractivity (Wildman–Crippen MR) is 197 cm³/mol. The standard InChI is InChI=1S/C37H63N5O8S/c1-12-13-17-26(28(43)31(45)38-20-21-50-11)39-30(44)27-22-36(9,10)25(2)23-42(27)32(46)29(34(3,4)5)40-33(47)41-37(18-15-14-16-19-37)24-51(48,49)35(6,7)8/h1,25-27,29H,13-24H2,2-11H3,(H,38,45)(H,39,44)(H2,40,41,47)/t25?,26?,27-,29+/m0/s1. The average molecular weight is 738 g/mol. The number of urea groups is 1. The zero-order valence-corrected chi connectivity index (χ0v) is 33.3. The van der Waals surface area contributed by atoms with E-state index in [9.17, 15) is 32.4 Å². The van der Waals surface area contributed by atoms with Crippen molar-refractivity contribution in [1.82, 2.24) is 26.2 Å². The third kappa shape index (κ3) is 11.9. The number of carbonyl (C=O) groups excluding carboxylic acids is 5. The molecule has 1 aliphatic heterocycles. The molecule has 1 saturated carbocycles. The third-order valence-electron chi connectivity index (χ3n) is 10.5. The minimum absolute atomic E-state index is 0.0261. The highest BCUT2D eigenvalue weighted by Crippen LogP contribution is 2.40. The van der Waals surface area contributed by atoms with E-state index in [0.29, 0.717) is 12.8 Å². The van der Waals surface area contributed by atoms with Crippen molar-refractivity contribution in [3.05, 3.63) is 0 Å². The molecule has 4 atom stereocenters. The number of amides is 5. The Balaban J connectivity index is 2.41. The predicted octanol–water partition coefficient (Wildman–Crippen LogP) is 3.11. The van der Waals surface area contributed by atoms with Gasteiger partial charge in [-0.1, -0.05) is 60.8 Å². The van der Waals surface area contributed by atoms with E-state index in [1.807, 2.05) is 20.8 Å². The number of nitrogens with zero attached hydrogens (tertiary/aromatic N) is 1. The van der Waals surface area contributed by atoms with Crippen molar-refractivity contribution in [3.8, 4) is 12.3 Å². The van der Waals surface area contributed by atoms with E-state index in [0.717, 1.165) is 19.3 Å². The lowest BCUT2D eigenvalue weighted by atomic mass is 9.71. The first-order valence-corrected chi connectivity index (χ1v) is 19.7. The molecule has 2 unspecified atom stereocenters. The first kappa shape index (κ1) is 44.0. The molecule has 0 bridgehead atoms. The number of ether oxygens (including phenoxy) is 1. The van der Waals surface area contributed by atoms with Gasteiger partial charge in [0.2, 0.25) is 17.6 Å². The number of terminal acetylenes is 1. The molecule has 13 nitrogen and oxygen atoms in total. The highest BCUT2D eigenvalue weighted by atomic mass is 32.2. The number of nitrogens with one attached hydrogen (secondary N) is 4. The van der Waals surface area contributed by atoms with Gasteiger partial charge >= 0.3 is 6.03 Å². The van der Waals surface area contributed by atoms with Crippen LogP contribution in [0.2, 0.25) is 0 Å². The summed E-state index contributed by atoms with van der Waals surface area (Å²) in [5.41, 5.74) is -2.17. The minimum Gasteiger partial charge on any atom is -0.383 e. The molecule has 0 radical (unpaired) electrons. The molecule has 0 aromatic rings. The van der Waals surface area contributed by atoms with Gasteiger partial charge in [0.25, 0.3) is 5.91 Å². The first-order chi connectivity index (χ1) is 23.4. The van der Waals surface area contributed by atoms with Crippen LogP contribution >= 0.6 is 0 Å². The molecule has 0 aromatic heterocycles. The topological polar surface area (TPSA) is 180 Å². The second kappa shape index (κ2) is 17.6. The lowest BCUT2D eigenvalue weighted by Gasteiger charge is -2.49. The summed E-state index contributed by atoms with van der Waals surface area (Å²) in [5.74, 6) is -0.617. The van der Waals surface area contributed by atoms with Gasteiger partial charge in [-0.25, -0.2) is 13.2 Å². The molecule has 1 aliphatic carbocycles. The Hall–Kier alpha value is -3.18. The molecule has 14 heteroatoms. The van der Waals surface area contributed by atoms with Crippen molar-refractivity contribution in [2.45, 2.75) is 142 Å². The average Bonchev–Trinajstić information content (AvgIpc) is 3.01. The lowest BCUT2D eigenvalue weighted by Crippen LogP contribution is -2.66. The highest BCUT2D eigenvalue weighted by Gasteiger charge is 2.48. The van der Waals surface area contributed by atoms with E-state index < -0.39 is 73.2 Å². The number of sulfone groups is 1. The Labute approximate surface area is 305 Å². The number of ketones is 1. The summed E-state index contributed by atoms with van der Waals surface area (Å²) in [6.45, 7) is 16.9. The van der Waals surface area contributed by atoms with Crippen LogP contribution in [0.3, 0.4) is 0 Å². The van der Waals surface area contributed by atoms with Gasteiger partial charge in [0.1, 0.15) is 12.1 Å². The smallest absolute Gasteiger partial charge is 0.315 e. The van der Waals surface area contributed by atoms with Crippen LogP contribution in [-0.2, 0) is 33.8 Å². The maximum Gasteiger partial charge on any atom is 0.315 e. The summed E-state index contributed by atoms with van der Waals surface area (Å²) in [6.07, 6.45) is 9.32. The van der Waals surface area contributed by atoms with E-state index in [-0.39, 0.29) is 56.0 Å².